The van der Waals surface area contributed by atoms with Crippen LogP contribution in [0, 0.1) is 0 Å². The lowest BCUT2D eigenvalue weighted by molar-refractivity contribution is -0.127. The molecule has 98 valence electrons. The smallest absolute Gasteiger partial charge is 0.232 e. The lowest BCUT2D eigenvalue weighted by atomic mass is 10.2. The summed E-state index contributed by atoms with van der Waals surface area (Å²) in [6.07, 6.45) is 2.27. The number of carbonyl (C=O) groups is 1. The first-order valence-electron chi connectivity index (χ1n) is 6.06. The quantitative estimate of drug-likeness (QED) is 0.865. The molecular weight excluding hydrogens is 268 g/mol. The van der Waals surface area contributed by atoms with Crippen molar-refractivity contribution in [2.45, 2.75) is 18.6 Å². The average Bonchev–Trinajstić information content (AvgIpc) is 2.87. The van der Waals surface area contributed by atoms with Gasteiger partial charge in [0.2, 0.25) is 5.91 Å². The van der Waals surface area contributed by atoms with Crippen LogP contribution in [0.1, 0.15) is 18.4 Å². The van der Waals surface area contributed by atoms with E-state index in [1.807, 2.05) is 11.0 Å². The minimum atomic E-state index is 0.234. The van der Waals surface area contributed by atoms with Crippen LogP contribution in [0.2, 0.25) is 5.02 Å². The second kappa shape index (κ2) is 6.34. The molecule has 0 bridgehead atoms. The standard InChI is InChI=1S/C13H17ClN2OS/c14-11-3-4-12(15)10(7-11)8-18-9-13(17)16-5-1-2-6-16/h3-4,7H,1-2,5-6,8-9,15H2. The Morgan fingerprint density at radius 1 is 1.39 bits per heavy atom. The van der Waals surface area contributed by atoms with E-state index in [-0.39, 0.29) is 5.91 Å². The van der Waals surface area contributed by atoms with Crippen molar-refractivity contribution in [3.8, 4) is 0 Å². The molecule has 5 heteroatoms. The van der Waals surface area contributed by atoms with Gasteiger partial charge in [-0.3, -0.25) is 4.79 Å². The molecule has 18 heavy (non-hydrogen) atoms. The summed E-state index contributed by atoms with van der Waals surface area (Å²) in [6, 6.07) is 5.45. The SMILES string of the molecule is Nc1ccc(Cl)cc1CSCC(=O)N1CCCC1. The van der Waals surface area contributed by atoms with Gasteiger partial charge < -0.3 is 10.6 Å². The average molecular weight is 285 g/mol. The summed E-state index contributed by atoms with van der Waals surface area (Å²) < 4.78 is 0. The summed E-state index contributed by atoms with van der Waals surface area (Å²) in [5, 5.41) is 0.686. The highest BCUT2D eigenvalue weighted by molar-refractivity contribution is 7.99. The number of hydrogen-bond donors (Lipinski definition) is 1. The molecular formula is C13H17ClN2OS. The Morgan fingerprint density at radius 2 is 2.11 bits per heavy atom. The van der Waals surface area contributed by atoms with Crippen LogP contribution in [0.15, 0.2) is 18.2 Å². The Morgan fingerprint density at radius 3 is 2.83 bits per heavy atom. The van der Waals surface area contributed by atoms with Crippen molar-refractivity contribution < 1.29 is 4.79 Å². The third-order valence-electron chi connectivity index (χ3n) is 3.05. The molecule has 0 aromatic heterocycles. The van der Waals surface area contributed by atoms with Crippen LogP contribution in [-0.2, 0) is 10.5 Å². The fourth-order valence-corrected chi connectivity index (χ4v) is 3.13. The topological polar surface area (TPSA) is 46.3 Å². The number of rotatable bonds is 4. The second-order valence-electron chi connectivity index (χ2n) is 4.42. The van der Waals surface area contributed by atoms with Crippen molar-refractivity contribution in [1.82, 2.24) is 4.90 Å². The monoisotopic (exact) mass is 284 g/mol. The van der Waals surface area contributed by atoms with Crippen LogP contribution in [0.3, 0.4) is 0 Å². The Labute approximate surface area is 117 Å². The van der Waals surface area contributed by atoms with Crippen molar-refractivity contribution in [3.05, 3.63) is 28.8 Å². The summed E-state index contributed by atoms with van der Waals surface area (Å²) >= 11 is 7.52. The molecule has 0 radical (unpaired) electrons. The van der Waals surface area contributed by atoms with Crippen LogP contribution < -0.4 is 5.73 Å². The lowest BCUT2D eigenvalue weighted by Crippen LogP contribution is -2.29. The number of halogens is 1. The normalized spacial score (nSPS) is 15.1. The summed E-state index contributed by atoms with van der Waals surface area (Å²) in [5.74, 6) is 1.48. The maximum atomic E-state index is 11.8. The molecule has 0 unspecified atom stereocenters. The molecule has 1 aromatic carbocycles. The van der Waals surface area contributed by atoms with E-state index in [1.165, 1.54) is 0 Å². The molecule has 2 rings (SSSR count). The van der Waals surface area contributed by atoms with Crippen molar-refractivity contribution in [3.63, 3.8) is 0 Å². The van der Waals surface area contributed by atoms with E-state index < -0.39 is 0 Å². The zero-order valence-electron chi connectivity index (χ0n) is 10.2. The van der Waals surface area contributed by atoms with Gasteiger partial charge in [-0.05, 0) is 36.6 Å². The molecule has 1 heterocycles. The van der Waals surface area contributed by atoms with E-state index in [0.717, 1.165) is 42.9 Å². The molecule has 0 saturated carbocycles. The number of carbonyl (C=O) groups excluding carboxylic acids is 1. The molecule has 3 nitrogen and oxygen atoms in total. The van der Waals surface area contributed by atoms with Gasteiger partial charge in [0.15, 0.2) is 0 Å². The van der Waals surface area contributed by atoms with Crippen LogP contribution in [0.25, 0.3) is 0 Å². The van der Waals surface area contributed by atoms with Crippen molar-refractivity contribution in [2.75, 3.05) is 24.6 Å². The van der Waals surface area contributed by atoms with E-state index in [0.29, 0.717) is 10.8 Å². The van der Waals surface area contributed by atoms with Crippen molar-refractivity contribution >= 4 is 35.0 Å². The fraction of sp³-hybridized carbons (Fsp3) is 0.462. The highest BCUT2D eigenvalue weighted by Crippen LogP contribution is 2.23. The highest BCUT2D eigenvalue weighted by Gasteiger charge is 2.17. The predicted octanol–water partition coefficient (Wildman–Crippen LogP) is 2.78. The summed E-state index contributed by atoms with van der Waals surface area (Å²) in [4.78, 5) is 13.8. The molecule has 1 aliphatic rings. The molecule has 1 saturated heterocycles. The number of thioether (sulfide) groups is 1. The number of nitrogen functional groups attached to an aromatic ring is 1. The van der Waals surface area contributed by atoms with E-state index in [1.54, 1.807) is 23.9 Å². The Kier molecular flexibility index (Phi) is 4.78. The van der Waals surface area contributed by atoms with Crippen molar-refractivity contribution in [2.24, 2.45) is 0 Å². The van der Waals surface area contributed by atoms with Crippen LogP contribution >= 0.6 is 23.4 Å². The minimum Gasteiger partial charge on any atom is -0.398 e. The summed E-state index contributed by atoms with van der Waals surface area (Å²) in [6.45, 7) is 1.83. The molecule has 0 atom stereocenters. The largest absolute Gasteiger partial charge is 0.398 e. The third-order valence-corrected chi connectivity index (χ3v) is 4.25. The molecule has 1 aromatic rings. The van der Waals surface area contributed by atoms with Crippen LogP contribution in [0.4, 0.5) is 5.69 Å². The number of nitrogens with zero attached hydrogens (tertiary/aromatic N) is 1. The van der Waals surface area contributed by atoms with Gasteiger partial charge in [0.05, 0.1) is 5.75 Å². The maximum absolute atomic E-state index is 11.8. The van der Waals surface area contributed by atoms with Gasteiger partial charge >= 0.3 is 0 Å². The molecule has 1 amide bonds. The number of anilines is 1. The minimum absolute atomic E-state index is 0.234. The Hall–Kier alpha value is -0.870. The predicted molar refractivity (Wildman–Crippen MR) is 77.8 cm³/mol. The fourth-order valence-electron chi connectivity index (χ4n) is 2.01. The van der Waals surface area contributed by atoms with Gasteiger partial charge in [0.1, 0.15) is 0 Å². The molecule has 1 fully saturated rings. The first-order valence-corrected chi connectivity index (χ1v) is 7.59. The van der Waals surface area contributed by atoms with Crippen molar-refractivity contribution in [1.29, 1.82) is 0 Å². The van der Waals surface area contributed by atoms with E-state index in [9.17, 15) is 4.79 Å². The van der Waals surface area contributed by atoms with Gasteiger partial charge in [-0.1, -0.05) is 11.6 Å². The van der Waals surface area contributed by atoms with Gasteiger partial charge in [-0.25, -0.2) is 0 Å². The number of likely N-dealkylation sites (tertiary alicyclic amines) is 1. The summed E-state index contributed by atoms with van der Waals surface area (Å²) in [5.41, 5.74) is 7.60. The van der Waals surface area contributed by atoms with Gasteiger partial charge in [0, 0.05) is 29.6 Å². The summed E-state index contributed by atoms with van der Waals surface area (Å²) in [7, 11) is 0. The van der Waals surface area contributed by atoms with Gasteiger partial charge in [-0.2, -0.15) is 0 Å². The van der Waals surface area contributed by atoms with Crippen LogP contribution in [0.5, 0.6) is 0 Å². The molecule has 1 aliphatic heterocycles. The zero-order valence-corrected chi connectivity index (χ0v) is 11.8. The number of hydrogen-bond acceptors (Lipinski definition) is 3. The van der Waals surface area contributed by atoms with Gasteiger partial charge in [0.25, 0.3) is 0 Å². The maximum Gasteiger partial charge on any atom is 0.232 e. The lowest BCUT2D eigenvalue weighted by Gasteiger charge is -2.14. The number of amides is 1. The van der Waals surface area contributed by atoms with E-state index in [2.05, 4.69) is 0 Å². The number of benzene rings is 1. The number of nitrogens with two attached hydrogens (primary N) is 1. The van der Waals surface area contributed by atoms with E-state index >= 15 is 0 Å². The van der Waals surface area contributed by atoms with Crippen LogP contribution in [-0.4, -0.2) is 29.6 Å². The first-order chi connectivity index (χ1) is 8.66. The Bertz CT molecular complexity index is 433. The molecule has 0 spiro atoms. The molecule has 0 aliphatic carbocycles. The Balaban J connectivity index is 1.81. The zero-order chi connectivity index (χ0) is 13.0. The molecule has 2 N–H and O–H groups in total. The first kappa shape index (κ1) is 13.6. The van der Waals surface area contributed by atoms with Gasteiger partial charge in [-0.15, -0.1) is 11.8 Å². The van der Waals surface area contributed by atoms with E-state index in [4.69, 9.17) is 17.3 Å². The highest BCUT2D eigenvalue weighted by atomic mass is 35.5. The third kappa shape index (κ3) is 3.56. The second-order valence-corrected chi connectivity index (χ2v) is 5.85.